The van der Waals surface area contributed by atoms with Gasteiger partial charge in [0.05, 0.1) is 17.9 Å². The van der Waals surface area contributed by atoms with Crippen LogP contribution in [-0.4, -0.2) is 50.5 Å². The van der Waals surface area contributed by atoms with Crippen molar-refractivity contribution >= 4 is 34.8 Å². The number of carbonyl (C=O) groups excluding carboxylic acids is 1. The molecule has 0 bridgehead atoms. The first kappa shape index (κ1) is 23.2. The summed E-state index contributed by atoms with van der Waals surface area (Å²) < 4.78 is 7.15. The van der Waals surface area contributed by atoms with E-state index < -0.39 is 5.41 Å². The largest absolute Gasteiger partial charge is 0.383 e. The summed E-state index contributed by atoms with van der Waals surface area (Å²) >= 11 is 6.11. The predicted octanol–water partition coefficient (Wildman–Crippen LogP) is 4.11. The minimum Gasteiger partial charge on any atom is -0.383 e. The molecule has 1 aliphatic rings. The van der Waals surface area contributed by atoms with Crippen LogP contribution in [0.2, 0.25) is 5.02 Å². The third-order valence-corrected chi connectivity index (χ3v) is 6.53. The zero-order valence-electron chi connectivity index (χ0n) is 19.8. The Morgan fingerprint density at radius 2 is 2.00 bits per heavy atom. The first-order valence-electron chi connectivity index (χ1n) is 11.5. The van der Waals surface area contributed by atoms with Gasteiger partial charge in [0.1, 0.15) is 22.7 Å². The average molecular weight is 492 g/mol. The quantitative estimate of drug-likeness (QED) is 0.357. The van der Waals surface area contributed by atoms with Crippen LogP contribution in [0, 0.1) is 0 Å². The van der Waals surface area contributed by atoms with Crippen LogP contribution in [0.3, 0.4) is 0 Å². The van der Waals surface area contributed by atoms with Gasteiger partial charge in [0, 0.05) is 37.3 Å². The number of nitrogens with zero attached hydrogens (tertiary/aromatic N) is 5. The smallest absolute Gasteiger partial charge is 0.240 e. The molecule has 0 saturated carbocycles. The molecule has 1 aliphatic heterocycles. The van der Waals surface area contributed by atoms with Gasteiger partial charge in [-0.15, -0.1) is 0 Å². The van der Waals surface area contributed by atoms with Gasteiger partial charge in [0.25, 0.3) is 0 Å². The number of benzene rings is 1. The fourth-order valence-corrected chi connectivity index (χ4v) is 4.58. The molecule has 5 rings (SSSR count). The first-order chi connectivity index (χ1) is 17.0. The molecule has 2 N–H and O–H groups in total. The molecule has 0 aliphatic carbocycles. The van der Waals surface area contributed by atoms with Crippen molar-refractivity contribution in [2.75, 3.05) is 30.9 Å². The normalized spacial score (nSPS) is 17.0. The van der Waals surface area contributed by atoms with Gasteiger partial charge < -0.3 is 19.8 Å². The molecule has 4 aromatic rings. The fraction of sp³-hybridized carbons (Fsp3) is 0.320. The SMILES string of the molecule is CCCc1nc(-c2nc(NCCOC)c3c(n2)NC(=O)C3(C)c2ccc(Cl)cc2)cn2ccnc12. The number of ether oxygens (including phenoxy) is 1. The monoisotopic (exact) mass is 491 g/mol. The lowest BCUT2D eigenvalue weighted by Gasteiger charge is -2.25. The zero-order valence-corrected chi connectivity index (χ0v) is 20.6. The van der Waals surface area contributed by atoms with Crippen LogP contribution in [0.1, 0.15) is 37.1 Å². The third kappa shape index (κ3) is 4.00. The Morgan fingerprint density at radius 1 is 1.20 bits per heavy atom. The second-order valence-corrected chi connectivity index (χ2v) is 9.04. The third-order valence-electron chi connectivity index (χ3n) is 6.27. The lowest BCUT2D eigenvalue weighted by atomic mass is 9.77. The molecule has 35 heavy (non-hydrogen) atoms. The van der Waals surface area contributed by atoms with Gasteiger partial charge in [-0.05, 0) is 31.0 Å². The molecule has 0 radical (unpaired) electrons. The number of hydrogen-bond acceptors (Lipinski definition) is 7. The lowest BCUT2D eigenvalue weighted by molar-refractivity contribution is -0.119. The minimum atomic E-state index is -0.997. The highest BCUT2D eigenvalue weighted by molar-refractivity contribution is 6.30. The van der Waals surface area contributed by atoms with Gasteiger partial charge in [-0.1, -0.05) is 37.1 Å². The van der Waals surface area contributed by atoms with Crippen molar-refractivity contribution in [3.8, 4) is 11.5 Å². The topological polar surface area (TPSA) is 106 Å². The number of hydrogen-bond donors (Lipinski definition) is 2. The second kappa shape index (κ2) is 9.24. The number of fused-ring (bicyclic) bond motifs is 2. The van der Waals surface area contributed by atoms with Crippen LogP contribution >= 0.6 is 11.6 Å². The average Bonchev–Trinajstić information content (AvgIpc) is 3.43. The summed E-state index contributed by atoms with van der Waals surface area (Å²) in [5.41, 5.74) is 2.78. The Balaban J connectivity index is 1.68. The Morgan fingerprint density at radius 3 is 2.74 bits per heavy atom. The Kier molecular flexibility index (Phi) is 6.12. The fourth-order valence-electron chi connectivity index (χ4n) is 4.45. The molecule has 0 spiro atoms. The van der Waals surface area contributed by atoms with Crippen molar-refractivity contribution < 1.29 is 9.53 Å². The summed E-state index contributed by atoms with van der Waals surface area (Å²) in [7, 11) is 1.64. The van der Waals surface area contributed by atoms with E-state index in [4.69, 9.17) is 31.3 Å². The number of amides is 1. The number of imidazole rings is 1. The van der Waals surface area contributed by atoms with Crippen molar-refractivity contribution in [2.45, 2.75) is 32.1 Å². The van der Waals surface area contributed by atoms with Gasteiger partial charge in [-0.25, -0.2) is 19.9 Å². The maximum Gasteiger partial charge on any atom is 0.240 e. The van der Waals surface area contributed by atoms with Crippen molar-refractivity contribution in [1.82, 2.24) is 24.3 Å². The van der Waals surface area contributed by atoms with Gasteiger partial charge in [-0.3, -0.25) is 4.79 Å². The highest BCUT2D eigenvalue weighted by Gasteiger charge is 2.48. The molecule has 9 nitrogen and oxygen atoms in total. The Labute approximate surface area is 207 Å². The lowest BCUT2D eigenvalue weighted by Crippen LogP contribution is -2.33. The number of carbonyl (C=O) groups is 1. The molecule has 4 heterocycles. The Bertz CT molecular complexity index is 1400. The number of aryl methyl sites for hydroxylation is 1. The molecule has 3 aromatic heterocycles. The molecular weight excluding hydrogens is 466 g/mol. The standard InChI is InChI=1S/C25H26ClN7O2/c1-4-5-17-23-28-10-12-33(23)14-18(29-17)20-30-21(27-11-13-35-3)19-22(31-20)32-24(34)25(19,2)15-6-8-16(26)9-7-15/h6-10,12,14H,4-5,11,13H2,1-3H3,(H2,27,30,31,32,34). The van der Waals surface area contributed by atoms with E-state index in [9.17, 15) is 4.79 Å². The molecule has 0 saturated heterocycles. The van der Waals surface area contributed by atoms with Crippen LogP contribution in [0.25, 0.3) is 17.2 Å². The van der Waals surface area contributed by atoms with Gasteiger partial charge in [0.15, 0.2) is 11.5 Å². The van der Waals surface area contributed by atoms with Gasteiger partial charge >= 0.3 is 0 Å². The number of halogens is 1. The number of anilines is 2. The van der Waals surface area contributed by atoms with Crippen LogP contribution in [0.15, 0.2) is 42.9 Å². The van der Waals surface area contributed by atoms with E-state index in [0.717, 1.165) is 29.7 Å². The van der Waals surface area contributed by atoms with Crippen molar-refractivity contribution in [2.24, 2.45) is 0 Å². The molecule has 0 fully saturated rings. The number of rotatable bonds is 8. The maximum atomic E-state index is 13.4. The highest BCUT2D eigenvalue weighted by Crippen LogP contribution is 2.46. The van der Waals surface area contributed by atoms with E-state index in [2.05, 4.69) is 22.5 Å². The van der Waals surface area contributed by atoms with E-state index in [1.54, 1.807) is 25.4 Å². The first-order valence-corrected chi connectivity index (χ1v) is 11.9. The summed E-state index contributed by atoms with van der Waals surface area (Å²) in [6, 6.07) is 7.27. The van der Waals surface area contributed by atoms with Crippen LogP contribution in [0.5, 0.6) is 0 Å². The highest BCUT2D eigenvalue weighted by atomic mass is 35.5. The van der Waals surface area contributed by atoms with Crippen molar-refractivity contribution in [3.05, 3.63) is 64.7 Å². The summed E-state index contributed by atoms with van der Waals surface area (Å²) in [6.07, 6.45) is 7.20. The summed E-state index contributed by atoms with van der Waals surface area (Å²) in [5.74, 6) is 1.25. The predicted molar refractivity (Wildman–Crippen MR) is 135 cm³/mol. The van der Waals surface area contributed by atoms with Gasteiger partial charge in [-0.2, -0.15) is 0 Å². The Hall–Kier alpha value is -3.56. The number of nitrogens with one attached hydrogen (secondary N) is 2. The molecule has 1 unspecified atom stereocenters. The van der Waals surface area contributed by atoms with Crippen molar-refractivity contribution in [3.63, 3.8) is 0 Å². The molecule has 1 amide bonds. The molecule has 10 heteroatoms. The van der Waals surface area contributed by atoms with E-state index in [-0.39, 0.29) is 5.91 Å². The minimum absolute atomic E-state index is 0.180. The molecule has 1 atom stereocenters. The van der Waals surface area contributed by atoms with Crippen molar-refractivity contribution in [1.29, 1.82) is 0 Å². The molecule has 1 aromatic carbocycles. The van der Waals surface area contributed by atoms with Gasteiger partial charge in [0.2, 0.25) is 5.91 Å². The summed E-state index contributed by atoms with van der Waals surface area (Å²) in [5, 5.41) is 6.92. The van der Waals surface area contributed by atoms with E-state index >= 15 is 0 Å². The number of aromatic nitrogens is 5. The van der Waals surface area contributed by atoms with E-state index in [1.165, 1.54) is 0 Å². The van der Waals surface area contributed by atoms with Crippen LogP contribution in [-0.2, 0) is 21.4 Å². The molecule has 180 valence electrons. The zero-order chi connectivity index (χ0) is 24.6. The second-order valence-electron chi connectivity index (χ2n) is 8.61. The summed E-state index contributed by atoms with van der Waals surface area (Å²) in [4.78, 5) is 32.2. The van der Waals surface area contributed by atoms with E-state index in [1.807, 2.05) is 35.9 Å². The van der Waals surface area contributed by atoms with E-state index in [0.29, 0.717) is 46.9 Å². The van der Waals surface area contributed by atoms with Crippen LogP contribution in [0.4, 0.5) is 11.6 Å². The maximum absolute atomic E-state index is 13.4. The summed E-state index contributed by atoms with van der Waals surface area (Å²) in [6.45, 7) is 4.97. The molecular formula is C25H26ClN7O2. The number of methoxy groups -OCH3 is 1. The van der Waals surface area contributed by atoms with Crippen LogP contribution < -0.4 is 10.6 Å².